The number of hydrogen-bond donors (Lipinski definition) is 0. The predicted molar refractivity (Wildman–Crippen MR) is 313 cm³/mol. The summed E-state index contributed by atoms with van der Waals surface area (Å²) in [5.41, 5.74) is 24.0. The van der Waals surface area contributed by atoms with Crippen LogP contribution in [0.1, 0.15) is 22.7 Å². The molecule has 0 saturated heterocycles. The van der Waals surface area contributed by atoms with Crippen LogP contribution in [0.5, 0.6) is 0 Å². The van der Waals surface area contributed by atoms with Gasteiger partial charge in [-0.3, -0.25) is 8.97 Å². The van der Waals surface area contributed by atoms with Crippen LogP contribution < -0.4 is 0 Å². The number of aromatic nitrogens is 4. The summed E-state index contributed by atoms with van der Waals surface area (Å²) in [7, 11) is 0. The number of para-hydroxylation sites is 1. The molecule has 0 radical (unpaired) electrons. The lowest BCUT2D eigenvalue weighted by molar-refractivity contribution is 0.965. The van der Waals surface area contributed by atoms with Crippen LogP contribution in [-0.4, -0.2) is 18.5 Å². The molecule has 15 rings (SSSR count). The standard InChI is InChI=1S/C71H45N5/c1-72-70-68(54-33-32-53-42-66-67(50-28-16-6-17-29-50)57-37-34-51(46-20-8-2-9-21-46)40-63(57)75(66)62(53)43-54)58(48-24-12-4-13-25-48)45-59(49-26-14-5-15-27-49)69(70)55-35-38-60-64(44-55)76-65-41-52(47-22-10-3-11-23-47)36-39-61(65)74(71(76)73-60)56-30-18-7-19-31-56/h2-45,67H. The molecule has 0 N–H and O–H groups in total. The Balaban J connectivity index is 1.00. The molecular formula is C71H45N5. The van der Waals surface area contributed by atoms with Gasteiger partial charge in [0.15, 0.2) is 0 Å². The van der Waals surface area contributed by atoms with Gasteiger partial charge < -0.3 is 4.57 Å². The van der Waals surface area contributed by atoms with Crippen molar-refractivity contribution in [2.75, 3.05) is 0 Å². The van der Waals surface area contributed by atoms with Crippen molar-refractivity contribution in [3.63, 3.8) is 0 Å². The smallest absolute Gasteiger partial charge is 0.220 e. The largest absolute Gasteiger partial charge is 0.312 e. The van der Waals surface area contributed by atoms with Gasteiger partial charge >= 0.3 is 0 Å². The van der Waals surface area contributed by atoms with Crippen LogP contribution >= 0.6 is 0 Å². The highest BCUT2D eigenvalue weighted by molar-refractivity contribution is 6.08. The number of hydrogen-bond acceptors (Lipinski definition) is 1. The number of nitrogens with zero attached hydrogens (tertiary/aromatic N) is 5. The normalized spacial score (nSPS) is 12.9. The molecule has 11 aromatic carbocycles. The monoisotopic (exact) mass is 967 g/mol. The van der Waals surface area contributed by atoms with Gasteiger partial charge in [0.25, 0.3) is 0 Å². The Bertz CT molecular complexity index is 4600. The summed E-state index contributed by atoms with van der Waals surface area (Å²) in [5.74, 6) is 0.885. The topological polar surface area (TPSA) is 31.5 Å². The fourth-order valence-corrected chi connectivity index (χ4v) is 12.1. The van der Waals surface area contributed by atoms with E-state index in [0.717, 1.165) is 100 Å². The first-order valence-electron chi connectivity index (χ1n) is 25.8. The molecule has 1 aliphatic rings. The van der Waals surface area contributed by atoms with Crippen molar-refractivity contribution in [3.05, 3.63) is 295 Å². The summed E-state index contributed by atoms with van der Waals surface area (Å²) in [5, 5.41) is 1.16. The fourth-order valence-electron chi connectivity index (χ4n) is 12.1. The highest BCUT2D eigenvalue weighted by Crippen LogP contribution is 2.53. The Morgan fingerprint density at radius 1 is 0.382 bits per heavy atom. The molecule has 0 saturated carbocycles. The molecule has 1 unspecified atom stereocenters. The molecule has 0 fully saturated rings. The van der Waals surface area contributed by atoms with E-state index in [1.54, 1.807) is 0 Å². The number of benzene rings is 11. The summed E-state index contributed by atoms with van der Waals surface area (Å²) in [6, 6.07) is 95.4. The quantitative estimate of drug-likeness (QED) is 0.140. The Morgan fingerprint density at radius 2 is 0.895 bits per heavy atom. The van der Waals surface area contributed by atoms with Gasteiger partial charge in [-0.2, -0.15) is 0 Å². The summed E-state index contributed by atoms with van der Waals surface area (Å²) in [6.45, 7) is 9.40. The minimum Gasteiger partial charge on any atom is -0.312 e. The van der Waals surface area contributed by atoms with E-state index in [2.05, 4.69) is 285 Å². The lowest BCUT2D eigenvalue weighted by atomic mass is 9.83. The van der Waals surface area contributed by atoms with Gasteiger partial charge in [0.1, 0.15) is 0 Å². The molecule has 5 heteroatoms. The van der Waals surface area contributed by atoms with Crippen molar-refractivity contribution in [2.45, 2.75) is 5.92 Å². The third-order valence-electron chi connectivity index (χ3n) is 15.5. The highest BCUT2D eigenvalue weighted by atomic mass is 15.2. The molecule has 0 bridgehead atoms. The van der Waals surface area contributed by atoms with E-state index in [4.69, 9.17) is 4.98 Å². The van der Waals surface area contributed by atoms with Crippen LogP contribution in [0.2, 0.25) is 0 Å². The lowest BCUT2D eigenvalue weighted by Gasteiger charge is -2.21. The average Bonchev–Trinajstić information content (AvgIpc) is 4.29. The number of imidazole rings is 2. The third-order valence-corrected chi connectivity index (χ3v) is 15.5. The number of fused-ring (bicyclic) bond motifs is 10. The van der Waals surface area contributed by atoms with E-state index >= 15 is 0 Å². The van der Waals surface area contributed by atoms with Gasteiger partial charge in [-0.1, -0.05) is 206 Å². The summed E-state index contributed by atoms with van der Waals surface area (Å²) in [6.07, 6.45) is 0. The molecule has 354 valence electrons. The second-order valence-corrected chi connectivity index (χ2v) is 19.8. The van der Waals surface area contributed by atoms with Crippen molar-refractivity contribution in [3.8, 4) is 78.1 Å². The maximum Gasteiger partial charge on any atom is 0.220 e. The zero-order valence-electron chi connectivity index (χ0n) is 41.2. The van der Waals surface area contributed by atoms with Gasteiger partial charge in [0, 0.05) is 16.8 Å². The minimum absolute atomic E-state index is 0.0592. The van der Waals surface area contributed by atoms with Gasteiger partial charge in [-0.25, -0.2) is 9.83 Å². The van der Waals surface area contributed by atoms with Crippen LogP contribution in [0.15, 0.2) is 267 Å². The zero-order chi connectivity index (χ0) is 50.3. The van der Waals surface area contributed by atoms with E-state index in [0.29, 0.717) is 5.69 Å². The maximum absolute atomic E-state index is 9.40. The molecule has 14 aromatic rings. The molecule has 5 nitrogen and oxygen atoms in total. The predicted octanol–water partition coefficient (Wildman–Crippen LogP) is 18.4. The summed E-state index contributed by atoms with van der Waals surface area (Å²) < 4.78 is 7.04. The first-order valence-corrected chi connectivity index (χ1v) is 25.8. The third kappa shape index (κ3) is 6.82. The van der Waals surface area contributed by atoms with Crippen LogP contribution in [0.3, 0.4) is 0 Å². The second-order valence-electron chi connectivity index (χ2n) is 19.8. The average molecular weight is 968 g/mol. The minimum atomic E-state index is 0.0592. The lowest BCUT2D eigenvalue weighted by Crippen LogP contribution is -1.98. The van der Waals surface area contributed by atoms with Crippen LogP contribution in [0, 0.1) is 6.57 Å². The zero-order valence-corrected chi connectivity index (χ0v) is 41.2. The Kier molecular flexibility index (Phi) is 9.94. The molecule has 4 heterocycles. The fraction of sp³-hybridized carbons (Fsp3) is 0.0141. The Morgan fingerprint density at radius 3 is 1.51 bits per heavy atom. The van der Waals surface area contributed by atoms with E-state index in [9.17, 15) is 6.57 Å². The van der Waals surface area contributed by atoms with Crippen molar-refractivity contribution in [1.29, 1.82) is 0 Å². The van der Waals surface area contributed by atoms with E-state index in [-0.39, 0.29) is 5.92 Å². The maximum atomic E-state index is 9.40. The van der Waals surface area contributed by atoms with Crippen molar-refractivity contribution in [1.82, 2.24) is 18.5 Å². The molecular weight excluding hydrogens is 923 g/mol. The number of rotatable bonds is 8. The second kappa shape index (κ2) is 17.4. The Labute approximate surface area is 439 Å². The van der Waals surface area contributed by atoms with Gasteiger partial charge in [-0.15, -0.1) is 0 Å². The summed E-state index contributed by atoms with van der Waals surface area (Å²) in [4.78, 5) is 10.0. The first-order chi connectivity index (χ1) is 37.7. The molecule has 0 spiro atoms. The van der Waals surface area contributed by atoms with E-state index in [1.807, 2.05) is 0 Å². The first kappa shape index (κ1) is 43.3. The SMILES string of the molecule is [C-]#[N+]c1c(-c2ccc3cc4n(c3c2)-c2cc(-c3ccccc3)ccc2C4c2ccccc2)c(-c2ccccc2)cc(-c2ccccc2)c1-c1ccc2nc3n(-c4ccccc4)c4ccc(-c5ccccc5)cc4n3c2c1. The summed E-state index contributed by atoms with van der Waals surface area (Å²) >= 11 is 0. The van der Waals surface area contributed by atoms with Crippen molar-refractivity contribution in [2.24, 2.45) is 0 Å². The molecule has 3 aromatic heterocycles. The molecule has 0 aliphatic carbocycles. The van der Waals surface area contributed by atoms with E-state index < -0.39 is 0 Å². The van der Waals surface area contributed by atoms with Crippen LogP contribution in [0.4, 0.5) is 5.69 Å². The highest BCUT2D eigenvalue weighted by Gasteiger charge is 2.33. The molecule has 1 atom stereocenters. The molecule has 0 amide bonds. The van der Waals surface area contributed by atoms with Crippen LogP contribution in [-0.2, 0) is 0 Å². The Hall–Kier alpha value is -10.3. The van der Waals surface area contributed by atoms with Gasteiger partial charge in [0.2, 0.25) is 11.5 Å². The van der Waals surface area contributed by atoms with Crippen LogP contribution in [0.25, 0.3) is 122 Å². The van der Waals surface area contributed by atoms with E-state index in [1.165, 1.54) is 33.6 Å². The van der Waals surface area contributed by atoms with Crippen molar-refractivity contribution >= 4 is 44.4 Å². The van der Waals surface area contributed by atoms with Gasteiger partial charge in [0.05, 0.1) is 45.8 Å². The molecule has 1 aliphatic heterocycles. The van der Waals surface area contributed by atoms with Gasteiger partial charge in [-0.05, 0) is 139 Å². The molecule has 76 heavy (non-hydrogen) atoms. The van der Waals surface area contributed by atoms with Crippen molar-refractivity contribution < 1.29 is 0 Å².